The Morgan fingerprint density at radius 1 is 1.29 bits per heavy atom. The smallest absolute Gasteiger partial charge is 0.146 e. The molecule has 2 nitrogen and oxygen atoms in total. The minimum Gasteiger partial charge on any atom is -0.363 e. The van der Waals surface area contributed by atoms with E-state index in [4.69, 9.17) is 0 Å². The van der Waals surface area contributed by atoms with E-state index in [1.165, 1.54) is 25.7 Å². The van der Waals surface area contributed by atoms with E-state index in [1.54, 1.807) is 12.1 Å². The van der Waals surface area contributed by atoms with Crippen LogP contribution in [0.5, 0.6) is 0 Å². The van der Waals surface area contributed by atoms with E-state index >= 15 is 0 Å². The zero-order chi connectivity index (χ0) is 14.8. The quantitative estimate of drug-likeness (QED) is 0.857. The minimum atomic E-state index is -0.0879. The van der Waals surface area contributed by atoms with Crippen molar-refractivity contribution in [2.24, 2.45) is 0 Å². The summed E-state index contributed by atoms with van der Waals surface area (Å²) in [5.74, 6) is -0.0879. The maximum absolute atomic E-state index is 14.3. The summed E-state index contributed by atoms with van der Waals surface area (Å²) in [7, 11) is 0. The fraction of sp³-hybridized carbons (Fsp3) is 0.647. The Kier molecular flexibility index (Phi) is 4.85. The van der Waals surface area contributed by atoms with Crippen molar-refractivity contribution in [3.63, 3.8) is 0 Å². The molecular weight excluding hydrogens is 331 g/mol. The zero-order valence-electron chi connectivity index (χ0n) is 12.6. The molecule has 3 rings (SSSR count). The van der Waals surface area contributed by atoms with Crippen molar-refractivity contribution >= 4 is 21.6 Å². The summed E-state index contributed by atoms with van der Waals surface area (Å²) >= 11 is 3.48. The number of fused-ring (bicyclic) bond motifs is 2. The molecule has 2 atom stereocenters. The molecule has 0 spiro atoms. The SMILES string of the molecule is CCCNC1CC2CCCC(C1)N2c1cc(Br)ccc1F. The first-order valence-electron chi connectivity index (χ1n) is 8.15. The maximum atomic E-state index is 14.3. The van der Waals surface area contributed by atoms with Gasteiger partial charge in [0.2, 0.25) is 0 Å². The van der Waals surface area contributed by atoms with Gasteiger partial charge in [0, 0.05) is 22.6 Å². The molecule has 0 radical (unpaired) electrons. The number of hydrogen-bond acceptors (Lipinski definition) is 2. The molecule has 0 aliphatic carbocycles. The number of anilines is 1. The van der Waals surface area contributed by atoms with Crippen LogP contribution in [0.25, 0.3) is 0 Å². The summed E-state index contributed by atoms with van der Waals surface area (Å²) in [6.07, 6.45) is 7.11. The third-order valence-electron chi connectivity index (χ3n) is 4.84. The topological polar surface area (TPSA) is 15.3 Å². The fourth-order valence-corrected chi connectivity index (χ4v) is 4.32. The van der Waals surface area contributed by atoms with Crippen LogP contribution in [0.1, 0.15) is 45.4 Å². The van der Waals surface area contributed by atoms with Crippen LogP contribution < -0.4 is 10.2 Å². The first kappa shape index (κ1) is 15.3. The van der Waals surface area contributed by atoms with Crippen molar-refractivity contribution in [1.82, 2.24) is 5.32 Å². The Balaban J connectivity index is 1.82. The van der Waals surface area contributed by atoms with Crippen molar-refractivity contribution in [2.75, 3.05) is 11.4 Å². The van der Waals surface area contributed by atoms with Crippen LogP contribution >= 0.6 is 15.9 Å². The second-order valence-corrected chi connectivity index (χ2v) is 7.28. The summed E-state index contributed by atoms with van der Waals surface area (Å²) < 4.78 is 15.2. The molecule has 2 fully saturated rings. The van der Waals surface area contributed by atoms with Crippen LogP contribution in [0.3, 0.4) is 0 Å². The number of nitrogens with zero attached hydrogens (tertiary/aromatic N) is 1. The van der Waals surface area contributed by atoms with E-state index in [1.807, 2.05) is 6.07 Å². The Bertz CT molecular complexity index is 480. The largest absolute Gasteiger partial charge is 0.363 e. The highest BCUT2D eigenvalue weighted by Gasteiger charge is 2.39. The average molecular weight is 355 g/mol. The van der Waals surface area contributed by atoms with Gasteiger partial charge in [-0.3, -0.25) is 0 Å². The Hall–Kier alpha value is -0.610. The van der Waals surface area contributed by atoms with E-state index in [0.29, 0.717) is 18.1 Å². The Labute approximate surface area is 135 Å². The normalized spacial score (nSPS) is 28.7. The zero-order valence-corrected chi connectivity index (χ0v) is 14.2. The molecule has 2 saturated heterocycles. The first-order valence-corrected chi connectivity index (χ1v) is 8.95. The third kappa shape index (κ3) is 3.26. The van der Waals surface area contributed by atoms with Crippen molar-refractivity contribution in [3.8, 4) is 0 Å². The van der Waals surface area contributed by atoms with Crippen LogP contribution in [-0.4, -0.2) is 24.7 Å². The highest BCUT2D eigenvalue weighted by Crippen LogP contribution is 2.39. The van der Waals surface area contributed by atoms with Gasteiger partial charge in [-0.15, -0.1) is 0 Å². The highest BCUT2D eigenvalue weighted by molar-refractivity contribution is 9.10. The Morgan fingerprint density at radius 2 is 2.00 bits per heavy atom. The van der Waals surface area contributed by atoms with E-state index in [2.05, 4.69) is 33.1 Å². The maximum Gasteiger partial charge on any atom is 0.146 e. The van der Waals surface area contributed by atoms with Gasteiger partial charge in [-0.1, -0.05) is 22.9 Å². The molecule has 0 saturated carbocycles. The van der Waals surface area contributed by atoms with E-state index in [9.17, 15) is 4.39 Å². The molecule has 2 aliphatic rings. The minimum absolute atomic E-state index is 0.0879. The van der Waals surface area contributed by atoms with E-state index in [-0.39, 0.29) is 5.82 Å². The molecule has 1 aromatic rings. The molecule has 2 bridgehead atoms. The van der Waals surface area contributed by atoms with Crippen molar-refractivity contribution in [2.45, 2.75) is 63.6 Å². The molecule has 116 valence electrons. The van der Waals surface area contributed by atoms with Crippen LogP contribution in [0.4, 0.5) is 10.1 Å². The number of piperidine rings is 2. The van der Waals surface area contributed by atoms with Gasteiger partial charge in [-0.05, 0) is 63.3 Å². The van der Waals surface area contributed by atoms with Crippen LogP contribution in [0.15, 0.2) is 22.7 Å². The summed E-state index contributed by atoms with van der Waals surface area (Å²) in [6.45, 7) is 3.30. The first-order chi connectivity index (χ1) is 10.2. The van der Waals surface area contributed by atoms with Gasteiger partial charge in [0.1, 0.15) is 5.82 Å². The predicted molar refractivity (Wildman–Crippen MR) is 89.3 cm³/mol. The molecule has 21 heavy (non-hydrogen) atoms. The van der Waals surface area contributed by atoms with Crippen LogP contribution in [-0.2, 0) is 0 Å². The van der Waals surface area contributed by atoms with Gasteiger partial charge >= 0.3 is 0 Å². The lowest BCUT2D eigenvalue weighted by Gasteiger charge is -2.50. The van der Waals surface area contributed by atoms with Gasteiger partial charge < -0.3 is 10.2 Å². The lowest BCUT2D eigenvalue weighted by Crippen LogP contribution is -2.56. The lowest BCUT2D eigenvalue weighted by molar-refractivity contribution is 0.244. The van der Waals surface area contributed by atoms with E-state index < -0.39 is 0 Å². The van der Waals surface area contributed by atoms with Gasteiger partial charge in [0.15, 0.2) is 0 Å². The molecule has 0 aromatic heterocycles. The van der Waals surface area contributed by atoms with Crippen LogP contribution in [0, 0.1) is 5.82 Å². The molecule has 0 amide bonds. The van der Waals surface area contributed by atoms with Gasteiger partial charge in [0.05, 0.1) is 5.69 Å². The van der Waals surface area contributed by atoms with Gasteiger partial charge in [-0.2, -0.15) is 0 Å². The van der Waals surface area contributed by atoms with Gasteiger partial charge in [-0.25, -0.2) is 4.39 Å². The fourth-order valence-electron chi connectivity index (χ4n) is 3.97. The number of benzene rings is 1. The molecule has 2 heterocycles. The summed E-state index contributed by atoms with van der Waals surface area (Å²) in [5, 5.41) is 3.67. The van der Waals surface area contributed by atoms with Crippen LogP contribution in [0.2, 0.25) is 0 Å². The summed E-state index contributed by atoms with van der Waals surface area (Å²) in [5.41, 5.74) is 0.785. The lowest BCUT2D eigenvalue weighted by atomic mass is 9.81. The summed E-state index contributed by atoms with van der Waals surface area (Å²) in [6, 6.07) is 6.87. The van der Waals surface area contributed by atoms with Crippen molar-refractivity contribution in [1.29, 1.82) is 0 Å². The number of hydrogen-bond donors (Lipinski definition) is 1. The van der Waals surface area contributed by atoms with Crippen molar-refractivity contribution < 1.29 is 4.39 Å². The number of rotatable bonds is 4. The average Bonchev–Trinajstić information content (AvgIpc) is 2.46. The third-order valence-corrected chi connectivity index (χ3v) is 5.34. The monoisotopic (exact) mass is 354 g/mol. The standard InChI is InChI=1S/C17H24BrFN2/c1-2-8-20-13-10-14-4-3-5-15(11-13)21(14)17-9-12(18)6-7-16(17)19/h6-7,9,13-15,20H,2-5,8,10-11H2,1H3. The van der Waals surface area contributed by atoms with E-state index in [0.717, 1.165) is 29.5 Å². The highest BCUT2D eigenvalue weighted by atomic mass is 79.9. The van der Waals surface area contributed by atoms with Crippen molar-refractivity contribution in [3.05, 3.63) is 28.5 Å². The Morgan fingerprint density at radius 3 is 2.67 bits per heavy atom. The molecule has 1 aromatic carbocycles. The second-order valence-electron chi connectivity index (χ2n) is 6.36. The second kappa shape index (κ2) is 6.66. The predicted octanol–water partition coefficient (Wildman–Crippen LogP) is 4.48. The molecule has 2 aliphatic heterocycles. The molecule has 1 N–H and O–H groups in total. The number of halogens is 2. The molecule has 4 heteroatoms. The molecule has 2 unspecified atom stereocenters. The number of nitrogens with one attached hydrogen (secondary N) is 1. The molecular formula is C17H24BrFN2. The summed E-state index contributed by atoms with van der Waals surface area (Å²) in [4.78, 5) is 2.37. The van der Waals surface area contributed by atoms with Gasteiger partial charge in [0.25, 0.3) is 0 Å².